The lowest BCUT2D eigenvalue weighted by Gasteiger charge is -2.15. The average Bonchev–Trinajstić information content (AvgIpc) is 2.70. The van der Waals surface area contributed by atoms with Crippen LogP contribution < -0.4 is 5.32 Å². The zero-order chi connectivity index (χ0) is 14.0. The molecule has 1 N–H and O–H groups in total. The molecule has 2 rings (SSSR count). The third-order valence-electron chi connectivity index (χ3n) is 3.01. The van der Waals surface area contributed by atoms with E-state index in [0.717, 1.165) is 11.1 Å². The molecule has 19 heavy (non-hydrogen) atoms. The van der Waals surface area contributed by atoms with E-state index in [0.29, 0.717) is 5.82 Å². The van der Waals surface area contributed by atoms with Crippen molar-refractivity contribution < 1.29 is 4.92 Å². The fourth-order valence-electron chi connectivity index (χ4n) is 2.07. The van der Waals surface area contributed by atoms with Crippen molar-refractivity contribution in [2.75, 3.05) is 5.32 Å². The highest BCUT2D eigenvalue weighted by atomic mass is 16.6. The second-order valence-corrected chi connectivity index (χ2v) is 4.52. The van der Waals surface area contributed by atoms with E-state index in [-0.39, 0.29) is 11.7 Å². The summed E-state index contributed by atoms with van der Waals surface area (Å²) in [4.78, 5) is 10.5. The van der Waals surface area contributed by atoms with E-state index >= 15 is 0 Å². The molecule has 0 saturated carbocycles. The van der Waals surface area contributed by atoms with Crippen LogP contribution in [-0.2, 0) is 7.05 Å². The van der Waals surface area contributed by atoms with Gasteiger partial charge in [0.1, 0.15) is 6.20 Å². The molecule has 1 atom stereocenters. The third kappa shape index (κ3) is 2.73. The Hall–Kier alpha value is -2.37. The minimum absolute atomic E-state index is 0.0112. The van der Waals surface area contributed by atoms with Crippen LogP contribution in [0, 0.1) is 17.0 Å². The smallest absolute Gasteiger partial charge is 0.330 e. The minimum Gasteiger partial charge on any atom is -0.356 e. The first-order chi connectivity index (χ1) is 8.99. The Bertz CT molecular complexity index is 606. The average molecular weight is 260 g/mol. The van der Waals surface area contributed by atoms with Crippen LogP contribution in [0.25, 0.3) is 0 Å². The summed E-state index contributed by atoms with van der Waals surface area (Å²) in [5.41, 5.74) is 2.23. The van der Waals surface area contributed by atoms with Crippen molar-refractivity contribution in [1.82, 2.24) is 9.78 Å². The van der Waals surface area contributed by atoms with Gasteiger partial charge in [0.25, 0.3) is 0 Å². The summed E-state index contributed by atoms with van der Waals surface area (Å²) in [6.45, 7) is 3.97. The molecule has 6 nitrogen and oxygen atoms in total. The Morgan fingerprint density at radius 1 is 1.42 bits per heavy atom. The van der Waals surface area contributed by atoms with E-state index in [2.05, 4.69) is 10.4 Å². The van der Waals surface area contributed by atoms with Gasteiger partial charge in [-0.25, -0.2) is 0 Å². The molecule has 1 aromatic heterocycles. The number of aromatic nitrogens is 2. The van der Waals surface area contributed by atoms with Crippen LogP contribution in [0.5, 0.6) is 0 Å². The van der Waals surface area contributed by atoms with Crippen LogP contribution in [0.3, 0.4) is 0 Å². The van der Waals surface area contributed by atoms with Crippen LogP contribution in [0.15, 0.2) is 30.5 Å². The molecular formula is C13H16N4O2. The maximum atomic E-state index is 10.9. The van der Waals surface area contributed by atoms with Gasteiger partial charge in [0.15, 0.2) is 0 Å². The minimum atomic E-state index is -0.431. The highest BCUT2D eigenvalue weighted by Crippen LogP contribution is 2.27. The number of nitrogens with zero attached hydrogens (tertiary/aromatic N) is 3. The Kier molecular flexibility index (Phi) is 3.50. The van der Waals surface area contributed by atoms with Gasteiger partial charge in [-0.1, -0.05) is 24.3 Å². The lowest BCUT2D eigenvalue weighted by atomic mass is 10.0. The topological polar surface area (TPSA) is 73.0 Å². The van der Waals surface area contributed by atoms with Gasteiger partial charge in [0, 0.05) is 7.05 Å². The van der Waals surface area contributed by atoms with E-state index in [1.807, 2.05) is 38.1 Å². The van der Waals surface area contributed by atoms with Crippen molar-refractivity contribution in [2.24, 2.45) is 7.05 Å². The molecule has 2 aromatic rings. The maximum Gasteiger partial charge on any atom is 0.330 e. The molecule has 0 bridgehead atoms. The molecule has 100 valence electrons. The van der Waals surface area contributed by atoms with Crippen molar-refractivity contribution in [1.29, 1.82) is 0 Å². The van der Waals surface area contributed by atoms with E-state index in [4.69, 9.17) is 0 Å². The second-order valence-electron chi connectivity index (χ2n) is 4.52. The maximum absolute atomic E-state index is 10.9. The Morgan fingerprint density at radius 3 is 2.74 bits per heavy atom. The van der Waals surface area contributed by atoms with Gasteiger partial charge in [-0.3, -0.25) is 14.8 Å². The van der Waals surface area contributed by atoms with Gasteiger partial charge in [-0.05, 0) is 25.0 Å². The number of nitrogens with one attached hydrogen (secondary N) is 1. The normalized spacial score (nSPS) is 12.2. The molecule has 0 radical (unpaired) electrons. The van der Waals surface area contributed by atoms with E-state index in [9.17, 15) is 10.1 Å². The number of hydrogen-bond donors (Lipinski definition) is 1. The van der Waals surface area contributed by atoms with Crippen molar-refractivity contribution in [3.05, 3.63) is 51.7 Å². The van der Waals surface area contributed by atoms with Crippen molar-refractivity contribution >= 4 is 11.5 Å². The zero-order valence-corrected chi connectivity index (χ0v) is 11.1. The van der Waals surface area contributed by atoms with Crippen LogP contribution in [-0.4, -0.2) is 14.7 Å². The standard InChI is InChI=1S/C13H16N4O2/c1-9-6-4-5-7-11(9)10(2)14-13-12(17(18)19)8-16(3)15-13/h4-8,10H,1-3H3,(H,14,15). The Labute approximate surface area is 111 Å². The van der Waals surface area contributed by atoms with E-state index in [1.165, 1.54) is 10.9 Å². The molecule has 0 fully saturated rings. The molecule has 0 spiro atoms. The number of hydrogen-bond acceptors (Lipinski definition) is 4. The summed E-state index contributed by atoms with van der Waals surface area (Å²) in [6, 6.07) is 7.89. The molecule has 0 aliphatic heterocycles. The van der Waals surface area contributed by atoms with Crippen LogP contribution in [0.4, 0.5) is 11.5 Å². The summed E-state index contributed by atoms with van der Waals surface area (Å²) >= 11 is 0. The van der Waals surface area contributed by atoms with Gasteiger partial charge >= 0.3 is 5.69 Å². The Balaban J connectivity index is 2.27. The molecule has 1 aromatic carbocycles. The fourth-order valence-corrected chi connectivity index (χ4v) is 2.07. The summed E-state index contributed by atoms with van der Waals surface area (Å²) < 4.78 is 1.44. The van der Waals surface area contributed by atoms with Crippen molar-refractivity contribution in [2.45, 2.75) is 19.9 Å². The lowest BCUT2D eigenvalue weighted by Crippen LogP contribution is -2.09. The largest absolute Gasteiger partial charge is 0.356 e. The van der Waals surface area contributed by atoms with E-state index < -0.39 is 4.92 Å². The van der Waals surface area contributed by atoms with Crippen molar-refractivity contribution in [3.63, 3.8) is 0 Å². The number of anilines is 1. The molecule has 0 saturated heterocycles. The highest BCUT2D eigenvalue weighted by molar-refractivity contribution is 5.56. The highest BCUT2D eigenvalue weighted by Gasteiger charge is 2.20. The Morgan fingerprint density at radius 2 is 2.11 bits per heavy atom. The zero-order valence-electron chi connectivity index (χ0n) is 11.1. The molecular weight excluding hydrogens is 244 g/mol. The van der Waals surface area contributed by atoms with Gasteiger partial charge in [0.2, 0.25) is 5.82 Å². The summed E-state index contributed by atoms with van der Waals surface area (Å²) in [7, 11) is 1.66. The second kappa shape index (κ2) is 5.09. The van der Waals surface area contributed by atoms with Crippen LogP contribution in [0.2, 0.25) is 0 Å². The molecule has 0 amide bonds. The first-order valence-electron chi connectivity index (χ1n) is 5.99. The summed E-state index contributed by atoms with van der Waals surface area (Å²) in [6.07, 6.45) is 1.40. The summed E-state index contributed by atoms with van der Waals surface area (Å²) in [5, 5.41) is 18.1. The molecule has 1 unspecified atom stereocenters. The monoisotopic (exact) mass is 260 g/mol. The number of aryl methyl sites for hydroxylation is 2. The number of nitro groups is 1. The fraction of sp³-hybridized carbons (Fsp3) is 0.308. The predicted molar refractivity (Wildman–Crippen MR) is 73.1 cm³/mol. The number of rotatable bonds is 4. The summed E-state index contributed by atoms with van der Waals surface area (Å²) in [5.74, 6) is 0.295. The van der Waals surface area contributed by atoms with Crippen molar-refractivity contribution in [3.8, 4) is 0 Å². The molecule has 0 aliphatic rings. The molecule has 1 heterocycles. The van der Waals surface area contributed by atoms with Gasteiger partial charge in [-0.2, -0.15) is 0 Å². The van der Waals surface area contributed by atoms with Gasteiger partial charge < -0.3 is 5.32 Å². The predicted octanol–water partition coefficient (Wildman–Crippen LogP) is 2.81. The third-order valence-corrected chi connectivity index (χ3v) is 3.01. The van der Waals surface area contributed by atoms with Crippen LogP contribution in [0.1, 0.15) is 24.1 Å². The quantitative estimate of drug-likeness (QED) is 0.677. The van der Waals surface area contributed by atoms with Crippen LogP contribution >= 0.6 is 0 Å². The first kappa shape index (κ1) is 13.1. The lowest BCUT2D eigenvalue weighted by molar-refractivity contribution is -0.384. The van der Waals surface area contributed by atoms with E-state index in [1.54, 1.807) is 7.05 Å². The van der Waals surface area contributed by atoms with Gasteiger partial charge in [0.05, 0.1) is 11.0 Å². The SMILES string of the molecule is Cc1ccccc1C(C)Nc1nn(C)cc1[N+](=O)[O-]. The molecule has 6 heteroatoms. The number of benzene rings is 1. The first-order valence-corrected chi connectivity index (χ1v) is 5.99. The molecule has 0 aliphatic carbocycles. The van der Waals surface area contributed by atoms with Gasteiger partial charge in [-0.15, -0.1) is 5.10 Å².